The van der Waals surface area contributed by atoms with E-state index in [1.807, 2.05) is 56.3 Å². The summed E-state index contributed by atoms with van der Waals surface area (Å²) in [5, 5.41) is 12.0. The SMILES string of the molecule is [2H]c1c([2H])c(C(C([2H])([2H])[2H])(C([2H])([2H])[2H])C([2H])([2H])[2H])c([2H])c([2H])c1-c1ccnc(-c2[c-]c(-c3cccc4c3nc(-c3cc(C)cc(C)c3O)n4-c3cc(C(C)(C)C)ccc3-c3ccc(C(C)(C)C)cc3)cc(C(C)(C)C)c2)c1.[Pt]. The molecule has 0 unspecified atom stereocenters. The van der Waals surface area contributed by atoms with Crippen molar-refractivity contribution in [1.82, 2.24) is 14.5 Å². The minimum atomic E-state index is -3.81. The van der Waals surface area contributed by atoms with E-state index in [2.05, 4.69) is 115 Å². The summed E-state index contributed by atoms with van der Waals surface area (Å²) in [4.78, 5) is 10.2. The molecule has 0 bridgehead atoms. The second kappa shape index (κ2) is 17.3. The monoisotopic (exact) mass is 1050 g/mol. The number of phenolic OH excluding ortho intramolecular Hbond substituents is 1. The van der Waals surface area contributed by atoms with Gasteiger partial charge in [0.2, 0.25) is 0 Å². The van der Waals surface area contributed by atoms with Crippen molar-refractivity contribution in [1.29, 1.82) is 0 Å². The Kier molecular flexibility index (Phi) is 8.80. The van der Waals surface area contributed by atoms with Gasteiger partial charge in [-0.05, 0) is 104 Å². The van der Waals surface area contributed by atoms with E-state index >= 15 is 0 Å². The van der Waals surface area contributed by atoms with E-state index < -0.39 is 61.1 Å². The van der Waals surface area contributed by atoms with Crippen molar-refractivity contribution in [2.75, 3.05) is 0 Å². The minimum absolute atomic E-state index is 0. The summed E-state index contributed by atoms with van der Waals surface area (Å²) in [6, 6.07) is 31.8. The Balaban J connectivity index is 0.00000882. The average molecular weight is 1050 g/mol. The number of nitrogens with zero attached hydrogens (tertiary/aromatic N) is 3. The Morgan fingerprint density at radius 3 is 1.88 bits per heavy atom. The fourth-order valence-corrected chi connectivity index (χ4v) is 8.11. The van der Waals surface area contributed by atoms with E-state index in [-0.39, 0.29) is 48.8 Å². The van der Waals surface area contributed by atoms with Crippen molar-refractivity contribution < 1.29 is 44.0 Å². The number of aryl methyl sites for hydroxylation is 2. The molecular weight excluding hydrogens is 974 g/mol. The second-order valence-corrected chi connectivity index (χ2v) is 20.1. The minimum Gasteiger partial charge on any atom is -0.507 e. The molecule has 0 amide bonds. The number of rotatable bonds is 6. The Hall–Kier alpha value is -5.57. The molecule has 0 spiro atoms. The smallest absolute Gasteiger partial charge is 0.148 e. The first kappa shape index (κ1) is 33.0. The molecule has 0 saturated heterocycles. The second-order valence-electron chi connectivity index (χ2n) is 20.1. The van der Waals surface area contributed by atoms with Gasteiger partial charge in [0.1, 0.15) is 11.6 Å². The molecule has 4 nitrogen and oxygen atoms in total. The zero-order valence-electron chi connectivity index (χ0n) is 51.9. The Labute approximate surface area is 420 Å². The molecule has 0 aliphatic rings. The van der Waals surface area contributed by atoms with Crippen molar-refractivity contribution in [3.8, 4) is 67.5 Å². The van der Waals surface area contributed by atoms with E-state index in [4.69, 9.17) is 27.8 Å². The summed E-state index contributed by atoms with van der Waals surface area (Å²) in [5.41, 5.74) is 5.87. The van der Waals surface area contributed by atoms with Crippen LogP contribution in [0.2, 0.25) is 0 Å². The van der Waals surface area contributed by atoms with Crippen LogP contribution in [0.3, 0.4) is 0 Å². The maximum atomic E-state index is 12.0. The fourth-order valence-electron chi connectivity index (χ4n) is 8.11. The Bertz CT molecular complexity index is 3560. The summed E-state index contributed by atoms with van der Waals surface area (Å²) in [5.74, 6) is 0.630. The van der Waals surface area contributed by atoms with E-state index in [0.717, 1.165) is 39.0 Å². The molecule has 0 aliphatic carbocycles. The zero-order valence-corrected chi connectivity index (χ0v) is 41.2. The van der Waals surface area contributed by atoms with E-state index in [9.17, 15) is 5.11 Å². The first-order chi connectivity index (χ1) is 35.4. The van der Waals surface area contributed by atoms with Crippen LogP contribution in [0.25, 0.3) is 72.7 Å². The third-order valence-electron chi connectivity index (χ3n) is 11.9. The molecule has 0 aliphatic heterocycles. The summed E-state index contributed by atoms with van der Waals surface area (Å²) in [6.07, 6.45) is 1.42. The molecule has 336 valence electrons. The molecule has 5 heteroatoms. The Morgan fingerprint density at radius 1 is 0.585 bits per heavy atom. The molecule has 0 saturated carbocycles. The Morgan fingerprint density at radius 2 is 1.23 bits per heavy atom. The fraction of sp³-hybridized carbons (Fsp3) is 0.300. The maximum Gasteiger partial charge on any atom is 0.148 e. The van der Waals surface area contributed by atoms with Crippen LogP contribution in [0.5, 0.6) is 5.75 Å². The van der Waals surface area contributed by atoms with Crippen LogP contribution >= 0.6 is 0 Å². The van der Waals surface area contributed by atoms with Crippen LogP contribution in [0.4, 0.5) is 0 Å². The van der Waals surface area contributed by atoms with Crippen LogP contribution in [0.15, 0.2) is 127 Å². The van der Waals surface area contributed by atoms with Crippen molar-refractivity contribution in [3.05, 3.63) is 167 Å². The number of hydrogen-bond donors (Lipinski definition) is 1. The molecule has 2 heterocycles. The molecule has 0 atom stereocenters. The van der Waals surface area contributed by atoms with Crippen molar-refractivity contribution in [3.63, 3.8) is 0 Å². The van der Waals surface area contributed by atoms with Crippen LogP contribution in [-0.2, 0) is 42.7 Å². The number of aromatic hydroxyl groups is 1. The first-order valence-corrected chi connectivity index (χ1v) is 21.6. The summed E-state index contributed by atoms with van der Waals surface area (Å²) in [6.45, 7) is 11.7. The zero-order chi connectivity index (χ0) is 57.1. The van der Waals surface area contributed by atoms with E-state index in [0.29, 0.717) is 44.9 Å². The molecule has 6 aromatic carbocycles. The molecule has 2 aromatic heterocycles. The van der Waals surface area contributed by atoms with Gasteiger partial charge in [0.25, 0.3) is 0 Å². The van der Waals surface area contributed by atoms with Gasteiger partial charge in [-0.15, -0.1) is 29.3 Å². The van der Waals surface area contributed by atoms with Crippen LogP contribution < -0.4 is 0 Å². The number of fused-ring (bicyclic) bond motifs is 1. The van der Waals surface area contributed by atoms with Gasteiger partial charge in [-0.25, -0.2) is 4.98 Å². The number of hydrogen-bond acceptors (Lipinski definition) is 3. The third kappa shape index (κ3) is 9.57. The first-order valence-electron chi connectivity index (χ1n) is 28.1. The molecule has 65 heavy (non-hydrogen) atoms. The van der Waals surface area contributed by atoms with Gasteiger partial charge in [-0.3, -0.25) is 9.55 Å². The van der Waals surface area contributed by atoms with E-state index in [1.165, 1.54) is 17.8 Å². The van der Waals surface area contributed by atoms with Crippen molar-refractivity contribution in [2.24, 2.45) is 0 Å². The molecule has 0 radical (unpaired) electrons. The number of aromatic nitrogens is 3. The molecule has 1 N–H and O–H groups in total. The summed E-state index contributed by atoms with van der Waals surface area (Å²) < 4.78 is 113. The predicted molar refractivity (Wildman–Crippen MR) is 271 cm³/mol. The maximum absolute atomic E-state index is 12.0. The van der Waals surface area contributed by atoms with Gasteiger partial charge >= 0.3 is 0 Å². The van der Waals surface area contributed by atoms with Gasteiger partial charge < -0.3 is 5.11 Å². The van der Waals surface area contributed by atoms with Gasteiger partial charge in [0, 0.05) is 50.9 Å². The molecule has 0 fully saturated rings. The van der Waals surface area contributed by atoms with E-state index in [1.54, 1.807) is 6.07 Å². The van der Waals surface area contributed by atoms with Crippen molar-refractivity contribution >= 4 is 11.0 Å². The normalized spacial score (nSPS) is 15.9. The number of imidazole rings is 1. The van der Waals surface area contributed by atoms with Gasteiger partial charge in [-0.1, -0.05) is 179 Å². The third-order valence-corrected chi connectivity index (χ3v) is 11.9. The van der Waals surface area contributed by atoms with Crippen LogP contribution in [0.1, 0.15) is 134 Å². The summed E-state index contributed by atoms with van der Waals surface area (Å²) in [7, 11) is 0. The molecular formula is C60H64N3OPt-. The standard InChI is InChI=1S/C60H64N3O.Pt/c1-37-30-38(2)55(64)50(31-37)56-62-54-49(16-15-17-52(54)63(56)53-36-46(59(9,10)11)26-27-48(53)40-20-24-45(25-21-40)58(6,7)8)42-32-43(34-47(33-42)60(12,13)14)51-35-41(28-29-61-51)39-18-22-44(23-19-39)57(3,4)5;/h15-31,33-36,64H,1-14H3;/q-1;/i3D3,4D3,5D3,18D,19D,22D,23D;. The molecule has 8 aromatic rings. The number of pyridine rings is 1. The topological polar surface area (TPSA) is 50.9 Å². The quantitative estimate of drug-likeness (QED) is 0.169. The van der Waals surface area contributed by atoms with Crippen molar-refractivity contribution in [2.45, 2.75) is 118 Å². The average Bonchev–Trinajstić information content (AvgIpc) is 3.72. The largest absolute Gasteiger partial charge is 0.507 e. The van der Waals surface area contributed by atoms with Gasteiger partial charge in [0.15, 0.2) is 0 Å². The van der Waals surface area contributed by atoms with Gasteiger partial charge in [0.05, 0.1) is 27.8 Å². The number of phenols is 1. The number of para-hydroxylation sites is 1. The molecule has 8 rings (SSSR count). The number of benzene rings is 6. The van der Waals surface area contributed by atoms with Crippen LogP contribution in [-0.4, -0.2) is 19.6 Å². The summed E-state index contributed by atoms with van der Waals surface area (Å²) >= 11 is 0. The van der Waals surface area contributed by atoms with Gasteiger partial charge in [-0.2, -0.15) is 0 Å². The predicted octanol–water partition coefficient (Wildman–Crippen LogP) is 16.1. The van der Waals surface area contributed by atoms with Crippen LogP contribution in [0, 0.1) is 19.9 Å².